The van der Waals surface area contributed by atoms with Crippen LogP contribution in [0.4, 0.5) is 11.4 Å². The van der Waals surface area contributed by atoms with Gasteiger partial charge in [0.15, 0.2) is 0 Å². The zero-order chi connectivity index (χ0) is 13.8. The molecule has 1 unspecified atom stereocenters. The molecule has 19 heavy (non-hydrogen) atoms. The predicted octanol–water partition coefficient (Wildman–Crippen LogP) is 2.33. The smallest absolute Gasteiger partial charge is 0.301 e. The monoisotopic (exact) mass is 261 g/mol. The molecule has 2 aromatic rings. The van der Waals surface area contributed by atoms with Crippen LogP contribution in [0.5, 0.6) is 0 Å². The van der Waals surface area contributed by atoms with E-state index in [0.717, 1.165) is 0 Å². The molecule has 2 rings (SSSR count). The molecule has 0 spiro atoms. The van der Waals surface area contributed by atoms with Gasteiger partial charge >= 0.3 is 5.69 Å². The minimum absolute atomic E-state index is 0.0243. The molecule has 0 aliphatic heterocycles. The largest absolute Gasteiger partial charge is 0.393 e. The Morgan fingerprint density at radius 1 is 1.47 bits per heavy atom. The Morgan fingerprint density at radius 2 is 2.26 bits per heavy atom. The lowest BCUT2D eigenvalue weighted by Gasteiger charge is -2.09. The van der Waals surface area contributed by atoms with Crippen molar-refractivity contribution in [3.63, 3.8) is 0 Å². The van der Waals surface area contributed by atoms with Gasteiger partial charge in [0.1, 0.15) is 5.69 Å². The molecule has 0 saturated carbocycles. The van der Waals surface area contributed by atoms with Gasteiger partial charge in [-0.25, -0.2) is 0 Å². The summed E-state index contributed by atoms with van der Waals surface area (Å²) in [5, 5.41) is 23.9. The minimum atomic E-state index is -0.436. The summed E-state index contributed by atoms with van der Waals surface area (Å²) in [7, 11) is 0. The van der Waals surface area contributed by atoms with Gasteiger partial charge in [-0.3, -0.25) is 15.1 Å². The zero-order valence-electron chi connectivity index (χ0n) is 10.5. The number of hydrogen-bond acceptors (Lipinski definition) is 5. The third-order valence-electron chi connectivity index (χ3n) is 2.82. The van der Waals surface area contributed by atoms with E-state index in [9.17, 15) is 15.2 Å². The van der Waals surface area contributed by atoms with E-state index in [1.165, 1.54) is 0 Å². The number of nitrogens with zero attached hydrogens (tertiary/aromatic N) is 2. The highest BCUT2D eigenvalue weighted by molar-refractivity contribution is 5.94. The maximum absolute atomic E-state index is 11.2. The van der Waals surface area contributed by atoms with Gasteiger partial charge in [-0.05, 0) is 37.6 Å². The molecule has 0 bridgehead atoms. The molecule has 0 saturated heterocycles. The maximum atomic E-state index is 11.2. The number of aromatic nitrogens is 1. The van der Waals surface area contributed by atoms with E-state index in [4.69, 9.17) is 0 Å². The first-order valence-electron chi connectivity index (χ1n) is 6.03. The molecule has 1 heterocycles. The first kappa shape index (κ1) is 13.2. The van der Waals surface area contributed by atoms with Crippen molar-refractivity contribution < 1.29 is 10.0 Å². The zero-order valence-corrected chi connectivity index (χ0v) is 10.5. The number of nitro groups is 1. The molecular formula is C13H15N3O3. The molecule has 6 nitrogen and oxygen atoms in total. The van der Waals surface area contributed by atoms with E-state index in [1.807, 2.05) is 0 Å². The highest BCUT2D eigenvalue weighted by atomic mass is 16.6. The average Bonchev–Trinajstić information content (AvgIpc) is 2.37. The molecule has 2 N–H and O–H groups in total. The number of fused-ring (bicyclic) bond motifs is 1. The van der Waals surface area contributed by atoms with Crippen molar-refractivity contribution in [2.45, 2.75) is 19.4 Å². The van der Waals surface area contributed by atoms with Crippen LogP contribution in [0.2, 0.25) is 0 Å². The first-order valence-corrected chi connectivity index (χ1v) is 6.03. The van der Waals surface area contributed by atoms with Crippen molar-refractivity contribution in [3.05, 3.63) is 40.6 Å². The van der Waals surface area contributed by atoms with Gasteiger partial charge in [-0.2, -0.15) is 0 Å². The Kier molecular flexibility index (Phi) is 3.91. The van der Waals surface area contributed by atoms with Crippen LogP contribution >= 0.6 is 0 Å². The molecule has 0 aliphatic carbocycles. The van der Waals surface area contributed by atoms with E-state index >= 15 is 0 Å². The van der Waals surface area contributed by atoms with Crippen LogP contribution in [0.25, 0.3) is 10.9 Å². The van der Waals surface area contributed by atoms with Crippen molar-refractivity contribution in [2.75, 3.05) is 11.9 Å². The Morgan fingerprint density at radius 3 is 2.95 bits per heavy atom. The number of benzene rings is 1. The molecule has 1 aromatic heterocycles. The molecule has 6 heteroatoms. The molecule has 1 aromatic carbocycles. The van der Waals surface area contributed by atoms with E-state index in [1.54, 1.807) is 37.4 Å². The Hall–Kier alpha value is -2.21. The third-order valence-corrected chi connectivity index (χ3v) is 2.82. The number of aliphatic hydroxyl groups excluding tert-OH is 1. The van der Waals surface area contributed by atoms with E-state index in [2.05, 4.69) is 10.3 Å². The molecular weight excluding hydrogens is 246 g/mol. The highest BCUT2D eigenvalue weighted by Crippen LogP contribution is 2.32. The molecule has 0 amide bonds. The van der Waals surface area contributed by atoms with Gasteiger partial charge in [0.25, 0.3) is 0 Å². The van der Waals surface area contributed by atoms with Gasteiger partial charge in [0.2, 0.25) is 0 Å². The lowest BCUT2D eigenvalue weighted by Crippen LogP contribution is -2.10. The second kappa shape index (κ2) is 5.62. The summed E-state index contributed by atoms with van der Waals surface area (Å²) in [6.07, 6.45) is 1.70. The van der Waals surface area contributed by atoms with E-state index in [-0.39, 0.29) is 5.69 Å². The van der Waals surface area contributed by atoms with Gasteiger partial charge in [-0.15, -0.1) is 0 Å². The highest BCUT2D eigenvalue weighted by Gasteiger charge is 2.18. The van der Waals surface area contributed by atoms with Crippen molar-refractivity contribution in [1.29, 1.82) is 0 Å². The number of rotatable bonds is 5. The molecule has 0 fully saturated rings. The van der Waals surface area contributed by atoms with Crippen molar-refractivity contribution >= 4 is 22.3 Å². The molecule has 100 valence electrons. The van der Waals surface area contributed by atoms with Crippen LogP contribution in [-0.2, 0) is 0 Å². The average molecular weight is 261 g/mol. The number of nitro benzene ring substituents is 1. The SMILES string of the molecule is CC(O)CCNc1ccc2ncccc2c1[N+](=O)[O-]. The number of pyridine rings is 1. The van der Waals surface area contributed by atoms with Gasteiger partial charge in [-0.1, -0.05) is 0 Å². The topological polar surface area (TPSA) is 88.3 Å². The normalized spacial score (nSPS) is 12.3. The van der Waals surface area contributed by atoms with Crippen LogP contribution in [0.1, 0.15) is 13.3 Å². The molecule has 1 atom stereocenters. The molecule has 0 aliphatic rings. The lowest BCUT2D eigenvalue weighted by molar-refractivity contribution is -0.382. The van der Waals surface area contributed by atoms with Crippen molar-refractivity contribution in [2.24, 2.45) is 0 Å². The number of aliphatic hydroxyl groups is 1. The Labute approximate surface area is 110 Å². The predicted molar refractivity (Wildman–Crippen MR) is 73.2 cm³/mol. The summed E-state index contributed by atoms with van der Waals surface area (Å²) in [6, 6.07) is 6.75. The van der Waals surface area contributed by atoms with Crippen LogP contribution in [0.15, 0.2) is 30.5 Å². The van der Waals surface area contributed by atoms with E-state index < -0.39 is 11.0 Å². The fourth-order valence-electron chi connectivity index (χ4n) is 1.89. The summed E-state index contributed by atoms with van der Waals surface area (Å²) in [5.41, 5.74) is 1.07. The second-order valence-electron chi connectivity index (χ2n) is 4.35. The minimum Gasteiger partial charge on any atom is -0.393 e. The lowest BCUT2D eigenvalue weighted by atomic mass is 10.1. The summed E-state index contributed by atoms with van der Waals surface area (Å²) in [4.78, 5) is 14.9. The van der Waals surface area contributed by atoms with Crippen LogP contribution < -0.4 is 5.32 Å². The van der Waals surface area contributed by atoms with E-state index in [0.29, 0.717) is 29.6 Å². The van der Waals surface area contributed by atoms with Crippen LogP contribution in [0, 0.1) is 10.1 Å². The first-order chi connectivity index (χ1) is 9.09. The fourth-order valence-corrected chi connectivity index (χ4v) is 1.89. The summed E-state index contributed by atoms with van der Waals surface area (Å²) in [6.45, 7) is 2.16. The summed E-state index contributed by atoms with van der Waals surface area (Å²) < 4.78 is 0. The van der Waals surface area contributed by atoms with Crippen LogP contribution in [0.3, 0.4) is 0 Å². The molecule has 0 radical (unpaired) electrons. The van der Waals surface area contributed by atoms with Gasteiger partial charge in [0.05, 0.1) is 21.9 Å². The quantitative estimate of drug-likeness (QED) is 0.637. The second-order valence-corrected chi connectivity index (χ2v) is 4.35. The number of nitrogens with one attached hydrogen (secondary N) is 1. The number of hydrogen-bond donors (Lipinski definition) is 2. The van der Waals surface area contributed by atoms with Gasteiger partial charge < -0.3 is 10.4 Å². The van der Waals surface area contributed by atoms with Gasteiger partial charge in [0, 0.05) is 12.7 Å². The Balaban J connectivity index is 2.37. The maximum Gasteiger partial charge on any atom is 0.301 e. The summed E-state index contributed by atoms with van der Waals surface area (Å²) in [5.74, 6) is 0. The van der Waals surface area contributed by atoms with Crippen molar-refractivity contribution in [1.82, 2.24) is 4.98 Å². The Bertz CT molecular complexity index is 599. The third kappa shape index (κ3) is 2.97. The van der Waals surface area contributed by atoms with Crippen molar-refractivity contribution in [3.8, 4) is 0 Å². The number of anilines is 1. The standard InChI is InChI=1S/C13H15N3O3/c1-9(17)6-8-15-12-5-4-11-10(3-2-7-14-11)13(12)16(18)19/h2-5,7,9,15,17H,6,8H2,1H3. The summed E-state index contributed by atoms with van der Waals surface area (Å²) >= 11 is 0. The fraction of sp³-hybridized carbons (Fsp3) is 0.308. The van der Waals surface area contributed by atoms with Crippen LogP contribution in [-0.4, -0.2) is 27.7 Å².